The van der Waals surface area contributed by atoms with Crippen LogP contribution >= 0.6 is 0 Å². The first-order valence-corrected chi connectivity index (χ1v) is 9.35. The Morgan fingerprint density at radius 2 is 2.19 bits per heavy atom. The summed E-state index contributed by atoms with van der Waals surface area (Å²) in [6.45, 7) is 2.57. The van der Waals surface area contributed by atoms with Crippen molar-refractivity contribution in [2.45, 2.75) is 50.5 Å². The average Bonchev–Trinajstić information content (AvgIpc) is 3.37. The van der Waals surface area contributed by atoms with Crippen molar-refractivity contribution >= 4 is 16.8 Å². The highest BCUT2D eigenvalue weighted by Crippen LogP contribution is 2.45. The van der Waals surface area contributed by atoms with E-state index in [1.165, 1.54) is 0 Å². The molecule has 2 fully saturated rings. The van der Waals surface area contributed by atoms with E-state index in [1.54, 1.807) is 6.20 Å². The number of likely N-dealkylation sites (tertiary alicyclic amines) is 1. The van der Waals surface area contributed by atoms with Crippen molar-refractivity contribution in [3.05, 3.63) is 24.3 Å². The molecular formula is C18H22F2N6. The first kappa shape index (κ1) is 16.1. The van der Waals surface area contributed by atoms with Gasteiger partial charge in [-0.25, -0.2) is 13.8 Å². The van der Waals surface area contributed by atoms with E-state index in [-0.39, 0.29) is 24.9 Å². The molecule has 1 aliphatic carbocycles. The molecule has 5 rings (SSSR count). The molecule has 4 heterocycles. The molecule has 0 bridgehead atoms. The second-order valence-corrected chi connectivity index (χ2v) is 7.70. The lowest BCUT2D eigenvalue weighted by Gasteiger charge is -2.23. The van der Waals surface area contributed by atoms with Crippen LogP contribution in [0.3, 0.4) is 0 Å². The van der Waals surface area contributed by atoms with Crippen molar-refractivity contribution in [1.82, 2.24) is 29.5 Å². The van der Waals surface area contributed by atoms with Gasteiger partial charge in [0.25, 0.3) is 5.92 Å². The van der Waals surface area contributed by atoms with E-state index in [0.717, 1.165) is 41.9 Å². The maximum Gasteiger partial charge on any atom is 0.261 e. The number of rotatable bonds is 3. The Bertz CT molecular complexity index is 948. The lowest BCUT2D eigenvalue weighted by Crippen LogP contribution is -2.33. The summed E-state index contributed by atoms with van der Waals surface area (Å²) in [6.07, 6.45) is 6.40. The molecule has 138 valence electrons. The van der Waals surface area contributed by atoms with Crippen LogP contribution in [0.1, 0.15) is 44.3 Å². The quantitative estimate of drug-likeness (QED) is 0.779. The second-order valence-electron chi connectivity index (χ2n) is 7.70. The summed E-state index contributed by atoms with van der Waals surface area (Å²) >= 11 is 0. The van der Waals surface area contributed by atoms with Crippen molar-refractivity contribution in [3.8, 4) is 0 Å². The maximum absolute atomic E-state index is 13.7. The molecule has 2 aliphatic rings. The molecule has 0 aromatic carbocycles. The number of halogens is 2. The molecule has 0 spiro atoms. The van der Waals surface area contributed by atoms with Gasteiger partial charge in [-0.1, -0.05) is 13.3 Å². The third kappa shape index (κ3) is 2.42. The molecule has 6 nitrogen and oxygen atoms in total. The van der Waals surface area contributed by atoms with Gasteiger partial charge in [0.1, 0.15) is 5.82 Å². The monoisotopic (exact) mass is 360 g/mol. The zero-order valence-electron chi connectivity index (χ0n) is 14.7. The van der Waals surface area contributed by atoms with Crippen LogP contribution in [0.5, 0.6) is 0 Å². The minimum atomic E-state index is -2.54. The average molecular weight is 360 g/mol. The van der Waals surface area contributed by atoms with E-state index in [0.29, 0.717) is 12.5 Å². The minimum absolute atomic E-state index is 0.0194. The van der Waals surface area contributed by atoms with Crippen LogP contribution in [-0.2, 0) is 0 Å². The number of aromatic amines is 1. The van der Waals surface area contributed by atoms with Gasteiger partial charge in [0.2, 0.25) is 0 Å². The Hall–Kier alpha value is -2.09. The Morgan fingerprint density at radius 1 is 1.31 bits per heavy atom. The molecule has 3 aromatic rings. The van der Waals surface area contributed by atoms with Crippen LogP contribution in [0, 0.1) is 5.92 Å². The van der Waals surface area contributed by atoms with Crippen LogP contribution in [0.25, 0.3) is 16.8 Å². The maximum atomic E-state index is 13.7. The van der Waals surface area contributed by atoms with Crippen molar-refractivity contribution in [3.63, 3.8) is 0 Å². The summed E-state index contributed by atoms with van der Waals surface area (Å²) in [6, 6.07) is 2.19. The number of aromatic nitrogens is 5. The summed E-state index contributed by atoms with van der Waals surface area (Å²) in [5.74, 6) is -0.935. The molecule has 0 amide bonds. The number of nitrogens with one attached hydrogen (secondary N) is 1. The zero-order chi connectivity index (χ0) is 17.9. The van der Waals surface area contributed by atoms with E-state index in [1.807, 2.05) is 17.2 Å². The van der Waals surface area contributed by atoms with E-state index in [2.05, 4.69) is 31.5 Å². The first-order valence-electron chi connectivity index (χ1n) is 9.35. The first-order chi connectivity index (χ1) is 12.6. The second kappa shape index (κ2) is 5.70. The molecule has 0 unspecified atom stereocenters. The topological polar surface area (TPSA) is 62.1 Å². The van der Waals surface area contributed by atoms with Gasteiger partial charge in [0.15, 0.2) is 11.3 Å². The largest absolute Gasteiger partial charge is 0.345 e. The van der Waals surface area contributed by atoms with Crippen LogP contribution in [0.15, 0.2) is 18.5 Å². The normalized spacial score (nSPS) is 29.3. The van der Waals surface area contributed by atoms with Crippen LogP contribution in [0.2, 0.25) is 0 Å². The molecule has 1 N–H and O–H groups in total. The minimum Gasteiger partial charge on any atom is -0.345 e. The Kier molecular flexibility index (Phi) is 3.53. The van der Waals surface area contributed by atoms with E-state index < -0.39 is 5.92 Å². The number of hydrogen-bond acceptors (Lipinski definition) is 4. The van der Waals surface area contributed by atoms with Crippen molar-refractivity contribution in [2.24, 2.45) is 5.92 Å². The fourth-order valence-corrected chi connectivity index (χ4v) is 4.87. The fraction of sp³-hybridized carbons (Fsp3) is 0.611. The van der Waals surface area contributed by atoms with Gasteiger partial charge in [0, 0.05) is 31.1 Å². The molecule has 3 atom stereocenters. The molecule has 1 saturated carbocycles. The number of nitrogens with zero attached hydrogens (tertiary/aromatic N) is 5. The van der Waals surface area contributed by atoms with Crippen LogP contribution in [0.4, 0.5) is 8.78 Å². The molecule has 1 aliphatic heterocycles. The SMILES string of the molecule is CC[C@@H]1C[C@H](N2CCC(F)(F)C2)C[C@@H]1c1nnc2cnc3[nH]ccc3n12. The number of fused-ring (bicyclic) bond motifs is 3. The van der Waals surface area contributed by atoms with Crippen LogP contribution in [-0.4, -0.2) is 54.5 Å². The zero-order valence-corrected chi connectivity index (χ0v) is 14.7. The Morgan fingerprint density at radius 3 is 2.96 bits per heavy atom. The lowest BCUT2D eigenvalue weighted by molar-refractivity contribution is 0.00765. The lowest BCUT2D eigenvalue weighted by atomic mass is 9.93. The molecule has 8 heteroatoms. The van der Waals surface area contributed by atoms with Gasteiger partial charge in [-0.2, -0.15) is 0 Å². The summed E-state index contributed by atoms with van der Waals surface area (Å²) in [4.78, 5) is 9.49. The fourth-order valence-electron chi connectivity index (χ4n) is 4.87. The molecular weight excluding hydrogens is 338 g/mol. The highest BCUT2D eigenvalue weighted by atomic mass is 19.3. The smallest absolute Gasteiger partial charge is 0.261 e. The molecule has 1 saturated heterocycles. The molecule has 26 heavy (non-hydrogen) atoms. The molecule has 0 radical (unpaired) electrons. The predicted octanol–water partition coefficient (Wildman–Crippen LogP) is 3.22. The highest BCUT2D eigenvalue weighted by molar-refractivity contribution is 5.74. The highest BCUT2D eigenvalue weighted by Gasteiger charge is 2.45. The van der Waals surface area contributed by atoms with Crippen molar-refractivity contribution in [2.75, 3.05) is 13.1 Å². The Balaban J connectivity index is 1.51. The summed E-state index contributed by atoms with van der Waals surface area (Å²) in [5.41, 5.74) is 2.51. The van der Waals surface area contributed by atoms with Crippen LogP contribution < -0.4 is 0 Å². The van der Waals surface area contributed by atoms with E-state index >= 15 is 0 Å². The van der Waals surface area contributed by atoms with Gasteiger partial charge in [0.05, 0.1) is 18.3 Å². The van der Waals surface area contributed by atoms with E-state index in [9.17, 15) is 8.78 Å². The van der Waals surface area contributed by atoms with Crippen molar-refractivity contribution in [1.29, 1.82) is 0 Å². The molecule has 3 aromatic heterocycles. The standard InChI is InChI=1S/C18H22F2N6/c1-2-11-7-12(25-6-4-18(19,20)10-25)8-13(11)17-24-23-15-9-22-16-14(26(15)17)3-5-21-16/h3,5,9,11-13,21H,2,4,6-8,10H2,1H3/t11-,12+,13+/m1/s1. The van der Waals surface area contributed by atoms with Gasteiger partial charge in [-0.15, -0.1) is 10.2 Å². The van der Waals surface area contributed by atoms with Gasteiger partial charge in [-0.05, 0) is 24.8 Å². The Labute approximate surface area is 149 Å². The summed E-state index contributed by atoms with van der Waals surface area (Å²) in [5, 5.41) is 8.80. The third-order valence-corrected chi connectivity index (χ3v) is 6.21. The summed E-state index contributed by atoms with van der Waals surface area (Å²) < 4.78 is 29.4. The van der Waals surface area contributed by atoms with Gasteiger partial charge >= 0.3 is 0 Å². The third-order valence-electron chi connectivity index (χ3n) is 6.21. The van der Waals surface area contributed by atoms with Gasteiger partial charge < -0.3 is 4.98 Å². The predicted molar refractivity (Wildman–Crippen MR) is 93.3 cm³/mol. The summed E-state index contributed by atoms with van der Waals surface area (Å²) in [7, 11) is 0. The number of hydrogen-bond donors (Lipinski definition) is 1. The number of alkyl halides is 2. The van der Waals surface area contributed by atoms with Crippen molar-refractivity contribution < 1.29 is 8.78 Å². The van der Waals surface area contributed by atoms with Gasteiger partial charge in [-0.3, -0.25) is 9.30 Å². The van der Waals surface area contributed by atoms with E-state index in [4.69, 9.17) is 0 Å². The number of H-pyrrole nitrogens is 1.